The van der Waals surface area contributed by atoms with Gasteiger partial charge >= 0.3 is 6.03 Å². The average Bonchev–Trinajstić information content (AvgIpc) is 3.15. The van der Waals surface area contributed by atoms with Crippen molar-refractivity contribution < 1.29 is 14.4 Å². The third-order valence-corrected chi connectivity index (χ3v) is 9.07. The minimum atomic E-state index is -0.402. The maximum atomic E-state index is 13.2. The Bertz CT molecular complexity index is 2030. The van der Waals surface area contributed by atoms with Crippen LogP contribution in [0.2, 0.25) is 0 Å². The van der Waals surface area contributed by atoms with Gasteiger partial charge in [-0.2, -0.15) is 0 Å². The van der Waals surface area contributed by atoms with Gasteiger partial charge in [-0.05, 0) is 72.1 Å². The largest absolute Gasteiger partial charge is 0.328 e. The van der Waals surface area contributed by atoms with E-state index >= 15 is 0 Å². The monoisotopic (exact) mass is 682 g/mol. The molecule has 0 spiro atoms. The van der Waals surface area contributed by atoms with E-state index in [4.69, 9.17) is 0 Å². The molecule has 7 rings (SSSR count). The Balaban J connectivity index is 0.912. The zero-order valence-corrected chi connectivity index (χ0v) is 28.2. The summed E-state index contributed by atoms with van der Waals surface area (Å²) >= 11 is 0. The summed E-state index contributed by atoms with van der Waals surface area (Å²) in [6.45, 7) is 7.35. The van der Waals surface area contributed by atoms with E-state index in [0.29, 0.717) is 30.3 Å². The van der Waals surface area contributed by atoms with Crippen LogP contribution < -0.4 is 20.9 Å². The summed E-state index contributed by atoms with van der Waals surface area (Å²) in [4.78, 5) is 61.0. The van der Waals surface area contributed by atoms with Crippen molar-refractivity contribution in [1.82, 2.24) is 35.1 Å². The van der Waals surface area contributed by atoms with Crippen LogP contribution in [0.15, 0.2) is 97.7 Å². The first-order chi connectivity index (χ1) is 24.9. The van der Waals surface area contributed by atoms with E-state index in [-0.39, 0.29) is 18.2 Å². The lowest BCUT2D eigenvalue weighted by atomic mass is 10.1. The molecule has 13 heteroatoms. The number of carbonyl (C=O) groups is 3. The molecule has 0 radical (unpaired) electrons. The molecule has 0 atom stereocenters. The first-order valence-corrected chi connectivity index (χ1v) is 16.9. The van der Waals surface area contributed by atoms with Gasteiger partial charge in [0.2, 0.25) is 11.9 Å². The lowest BCUT2D eigenvalue weighted by Crippen LogP contribution is -2.50. The molecule has 2 saturated heterocycles. The Morgan fingerprint density at radius 3 is 2.39 bits per heavy atom. The molecule has 0 saturated carbocycles. The third kappa shape index (κ3) is 8.23. The van der Waals surface area contributed by atoms with Crippen LogP contribution in [-0.4, -0.2) is 80.3 Å². The normalized spacial score (nSPS) is 15.4. The summed E-state index contributed by atoms with van der Waals surface area (Å²) < 4.78 is 0. The lowest BCUT2D eigenvalue weighted by Gasteiger charge is -2.35. The quantitative estimate of drug-likeness (QED) is 0.184. The molecule has 5 heterocycles. The van der Waals surface area contributed by atoms with E-state index in [1.54, 1.807) is 35.9 Å². The minimum Gasteiger partial charge on any atom is -0.324 e. The Labute approximate surface area is 295 Å². The summed E-state index contributed by atoms with van der Waals surface area (Å²) in [7, 11) is 0. The average molecular weight is 683 g/mol. The highest BCUT2D eigenvalue weighted by atomic mass is 16.2. The first-order valence-electron chi connectivity index (χ1n) is 16.9. The van der Waals surface area contributed by atoms with Crippen molar-refractivity contribution in [3.05, 3.63) is 120 Å². The van der Waals surface area contributed by atoms with Gasteiger partial charge < -0.3 is 10.6 Å². The van der Waals surface area contributed by atoms with Crippen molar-refractivity contribution in [1.29, 1.82) is 0 Å². The van der Waals surface area contributed by atoms with E-state index in [2.05, 4.69) is 45.7 Å². The number of nitrogens with zero attached hydrogens (tertiary/aromatic N) is 7. The third-order valence-electron chi connectivity index (χ3n) is 9.07. The van der Waals surface area contributed by atoms with Crippen molar-refractivity contribution in [2.75, 3.05) is 48.3 Å². The second-order valence-electron chi connectivity index (χ2n) is 12.6. The number of piperazine rings is 1. The number of aryl methyl sites for hydroxylation is 1. The van der Waals surface area contributed by atoms with Crippen molar-refractivity contribution >= 4 is 40.9 Å². The van der Waals surface area contributed by atoms with Gasteiger partial charge in [-0.15, -0.1) is 0 Å². The molecule has 3 N–H and O–H groups in total. The van der Waals surface area contributed by atoms with Crippen molar-refractivity contribution in [2.45, 2.75) is 26.4 Å². The zero-order chi connectivity index (χ0) is 35.2. The van der Waals surface area contributed by atoms with Crippen LogP contribution >= 0.6 is 0 Å². The highest BCUT2D eigenvalue weighted by molar-refractivity contribution is 6.06. The number of anilines is 4. The number of nitrogens with one attached hydrogen (secondary N) is 3. The van der Waals surface area contributed by atoms with Gasteiger partial charge in [-0.25, -0.2) is 14.8 Å². The SMILES string of the molecule is Cc1ccc(NC(=O)c2ccc(CN3CCN(Cc4ccncc4N4CCC(=O)NC4=O)CC3)cc2)cc1Nc1nccc(-c2cccnc2)n1. The Kier molecular flexibility index (Phi) is 9.99. The molecule has 258 valence electrons. The molecule has 5 aromatic rings. The van der Waals surface area contributed by atoms with Crippen LogP contribution in [0.5, 0.6) is 0 Å². The molecular weight excluding hydrogens is 644 g/mol. The molecule has 0 unspecified atom stereocenters. The maximum Gasteiger partial charge on any atom is 0.328 e. The van der Waals surface area contributed by atoms with Gasteiger partial charge in [0, 0.05) is 99.5 Å². The maximum absolute atomic E-state index is 13.2. The van der Waals surface area contributed by atoms with Gasteiger partial charge in [0.15, 0.2) is 0 Å². The van der Waals surface area contributed by atoms with Gasteiger partial charge in [0.1, 0.15) is 0 Å². The first kappa shape index (κ1) is 33.4. The van der Waals surface area contributed by atoms with Crippen LogP contribution in [0.25, 0.3) is 11.3 Å². The van der Waals surface area contributed by atoms with Crippen LogP contribution in [0.3, 0.4) is 0 Å². The summed E-state index contributed by atoms with van der Waals surface area (Å²) in [6.07, 6.45) is 8.89. The van der Waals surface area contributed by atoms with E-state index in [0.717, 1.165) is 72.0 Å². The molecule has 13 nitrogen and oxygen atoms in total. The van der Waals surface area contributed by atoms with E-state index in [1.807, 2.05) is 73.7 Å². The number of hydrogen-bond acceptors (Lipinski definition) is 10. The fraction of sp³-hybridized carbons (Fsp3) is 0.237. The van der Waals surface area contributed by atoms with E-state index in [9.17, 15) is 14.4 Å². The van der Waals surface area contributed by atoms with Crippen molar-refractivity contribution in [2.24, 2.45) is 0 Å². The Hall–Kier alpha value is -6.05. The number of aromatic nitrogens is 4. The molecule has 2 aliphatic rings. The summed E-state index contributed by atoms with van der Waals surface area (Å²) in [5.41, 5.74) is 7.56. The molecule has 0 bridgehead atoms. The number of pyridine rings is 2. The smallest absolute Gasteiger partial charge is 0.324 e. The highest BCUT2D eigenvalue weighted by Crippen LogP contribution is 2.26. The predicted molar refractivity (Wildman–Crippen MR) is 194 cm³/mol. The summed E-state index contributed by atoms with van der Waals surface area (Å²) in [5.74, 6) is 0.00630. The Morgan fingerprint density at radius 2 is 1.63 bits per heavy atom. The zero-order valence-electron chi connectivity index (χ0n) is 28.2. The van der Waals surface area contributed by atoms with Gasteiger partial charge in [0.05, 0.1) is 17.6 Å². The lowest BCUT2D eigenvalue weighted by molar-refractivity contribution is -0.120. The number of amides is 4. The van der Waals surface area contributed by atoms with Crippen LogP contribution in [0, 0.1) is 6.92 Å². The van der Waals surface area contributed by atoms with Gasteiger partial charge in [-0.1, -0.05) is 18.2 Å². The molecule has 51 heavy (non-hydrogen) atoms. The number of benzene rings is 2. The number of carbonyl (C=O) groups excluding carboxylic acids is 3. The van der Waals surface area contributed by atoms with Crippen LogP contribution in [0.4, 0.5) is 27.8 Å². The standard InChI is InChI=1S/C38H38N10O3/c1-26-4-9-31(21-33(26)44-37-41-15-11-32(43-37)29-3-2-13-39-22-29)42-36(50)28-7-5-27(6-8-28)24-46-17-19-47(20-18-46)25-30-10-14-40-23-34(30)48-16-12-35(49)45-38(48)51/h2-11,13-15,21-23H,12,16-20,24-25H2,1H3,(H,42,50)(H,41,43,44)(H,45,49,51). The molecule has 2 fully saturated rings. The van der Waals surface area contributed by atoms with Crippen LogP contribution in [0.1, 0.15) is 33.5 Å². The molecule has 4 amide bonds. The van der Waals surface area contributed by atoms with Crippen LogP contribution in [-0.2, 0) is 17.9 Å². The second kappa shape index (κ2) is 15.2. The van der Waals surface area contributed by atoms with E-state index in [1.165, 1.54) is 0 Å². The molecule has 2 aliphatic heterocycles. The van der Waals surface area contributed by atoms with Crippen molar-refractivity contribution in [3.63, 3.8) is 0 Å². The van der Waals surface area contributed by atoms with Gasteiger partial charge in [0.25, 0.3) is 5.91 Å². The van der Waals surface area contributed by atoms with Gasteiger partial charge in [-0.3, -0.25) is 39.6 Å². The number of rotatable bonds is 10. The second-order valence-corrected chi connectivity index (χ2v) is 12.6. The number of hydrogen-bond donors (Lipinski definition) is 3. The Morgan fingerprint density at radius 1 is 0.843 bits per heavy atom. The predicted octanol–water partition coefficient (Wildman–Crippen LogP) is 5.00. The summed E-state index contributed by atoms with van der Waals surface area (Å²) in [6, 6.07) is 20.6. The molecule has 2 aromatic carbocycles. The molecule has 3 aromatic heterocycles. The van der Waals surface area contributed by atoms with E-state index < -0.39 is 6.03 Å². The number of imide groups is 1. The molecule has 0 aliphatic carbocycles. The van der Waals surface area contributed by atoms with Crippen molar-refractivity contribution in [3.8, 4) is 11.3 Å². The topological polar surface area (TPSA) is 149 Å². The minimum absolute atomic E-state index is 0.191. The summed E-state index contributed by atoms with van der Waals surface area (Å²) in [5, 5.41) is 8.70. The number of urea groups is 1. The molecular formula is C38H38N10O3. The highest BCUT2D eigenvalue weighted by Gasteiger charge is 2.27. The fourth-order valence-electron chi connectivity index (χ4n) is 6.20. The fourth-order valence-corrected chi connectivity index (χ4v) is 6.20.